The van der Waals surface area contributed by atoms with Crippen LogP contribution >= 0.6 is 23.2 Å². The molecule has 0 radical (unpaired) electrons. The summed E-state index contributed by atoms with van der Waals surface area (Å²) in [5.41, 5.74) is 5.54. The number of benzene rings is 3. The molecule has 3 nitrogen and oxygen atoms in total. The SMILES string of the molecule is Clc1cccc([C@H](Nc2ccnc3cc(Cl)ccc23)c2ccc(CN3CCCC3)cc2)c1. The minimum Gasteiger partial charge on any atom is -0.374 e. The second-order valence-corrected chi connectivity index (χ2v) is 9.25. The zero-order chi connectivity index (χ0) is 21.9. The van der Waals surface area contributed by atoms with Gasteiger partial charge in [-0.3, -0.25) is 9.88 Å². The maximum absolute atomic E-state index is 6.35. The van der Waals surface area contributed by atoms with Gasteiger partial charge in [0.25, 0.3) is 0 Å². The fourth-order valence-corrected chi connectivity index (χ4v) is 4.83. The number of pyridine rings is 1. The molecule has 32 heavy (non-hydrogen) atoms. The molecular formula is C27H25Cl2N3. The summed E-state index contributed by atoms with van der Waals surface area (Å²) < 4.78 is 0. The van der Waals surface area contributed by atoms with Crippen molar-refractivity contribution in [2.24, 2.45) is 0 Å². The molecule has 1 saturated heterocycles. The van der Waals surface area contributed by atoms with Crippen LogP contribution in [0.4, 0.5) is 5.69 Å². The molecule has 1 aliphatic heterocycles. The van der Waals surface area contributed by atoms with Gasteiger partial charge in [0.15, 0.2) is 0 Å². The summed E-state index contributed by atoms with van der Waals surface area (Å²) in [4.78, 5) is 7.00. The van der Waals surface area contributed by atoms with Gasteiger partial charge in [-0.2, -0.15) is 0 Å². The smallest absolute Gasteiger partial charge is 0.0768 e. The molecule has 1 aliphatic rings. The van der Waals surface area contributed by atoms with E-state index in [1.54, 1.807) is 0 Å². The summed E-state index contributed by atoms with van der Waals surface area (Å²) in [5.74, 6) is 0. The quantitative estimate of drug-likeness (QED) is 0.325. The van der Waals surface area contributed by atoms with E-state index in [9.17, 15) is 0 Å². The summed E-state index contributed by atoms with van der Waals surface area (Å²) in [6.07, 6.45) is 4.43. The third kappa shape index (κ3) is 4.75. The monoisotopic (exact) mass is 461 g/mol. The molecule has 1 atom stereocenters. The van der Waals surface area contributed by atoms with Crippen LogP contribution in [0.2, 0.25) is 10.0 Å². The Kier molecular flexibility index (Phi) is 6.31. The first kappa shape index (κ1) is 21.3. The van der Waals surface area contributed by atoms with Crippen LogP contribution in [0.15, 0.2) is 79.0 Å². The highest BCUT2D eigenvalue weighted by atomic mass is 35.5. The lowest BCUT2D eigenvalue weighted by Gasteiger charge is -2.23. The number of hydrogen-bond acceptors (Lipinski definition) is 3. The van der Waals surface area contributed by atoms with Gasteiger partial charge in [0.05, 0.1) is 11.6 Å². The van der Waals surface area contributed by atoms with E-state index in [1.807, 2.05) is 48.7 Å². The highest BCUT2D eigenvalue weighted by molar-refractivity contribution is 6.31. The molecule has 0 amide bonds. The Morgan fingerprint density at radius 2 is 1.62 bits per heavy atom. The van der Waals surface area contributed by atoms with Crippen LogP contribution in [0, 0.1) is 0 Å². The Labute approximate surface area is 199 Å². The summed E-state index contributed by atoms with van der Waals surface area (Å²) >= 11 is 12.5. The topological polar surface area (TPSA) is 28.2 Å². The molecule has 162 valence electrons. The summed E-state index contributed by atoms with van der Waals surface area (Å²) in [6, 6.07) is 24.8. The molecule has 2 heterocycles. The molecular weight excluding hydrogens is 437 g/mol. The maximum atomic E-state index is 6.35. The van der Waals surface area contributed by atoms with Gasteiger partial charge in [0.1, 0.15) is 0 Å². The molecule has 0 bridgehead atoms. The third-order valence-electron chi connectivity index (χ3n) is 6.10. The Bertz CT molecular complexity index is 1220. The maximum Gasteiger partial charge on any atom is 0.0768 e. The molecule has 0 spiro atoms. The number of halogens is 2. The molecule has 5 rings (SSSR count). The van der Waals surface area contributed by atoms with Crippen LogP contribution in [0.5, 0.6) is 0 Å². The van der Waals surface area contributed by atoms with Gasteiger partial charge in [-0.15, -0.1) is 0 Å². The summed E-state index contributed by atoms with van der Waals surface area (Å²) in [6.45, 7) is 3.42. The van der Waals surface area contributed by atoms with Crippen molar-refractivity contribution in [3.8, 4) is 0 Å². The fraction of sp³-hybridized carbons (Fsp3) is 0.222. The first-order valence-corrected chi connectivity index (χ1v) is 11.8. The average molecular weight is 462 g/mol. The van der Waals surface area contributed by atoms with E-state index in [-0.39, 0.29) is 6.04 Å². The lowest BCUT2D eigenvalue weighted by Crippen LogP contribution is -2.18. The fourth-order valence-electron chi connectivity index (χ4n) is 4.46. The number of anilines is 1. The second-order valence-electron chi connectivity index (χ2n) is 8.38. The average Bonchev–Trinajstić information content (AvgIpc) is 3.31. The van der Waals surface area contributed by atoms with Crippen LogP contribution in [0.3, 0.4) is 0 Å². The van der Waals surface area contributed by atoms with Crippen molar-refractivity contribution in [3.63, 3.8) is 0 Å². The van der Waals surface area contributed by atoms with Crippen molar-refractivity contribution in [3.05, 3.63) is 106 Å². The van der Waals surface area contributed by atoms with E-state index in [1.165, 1.54) is 37.1 Å². The number of hydrogen-bond donors (Lipinski definition) is 1. The first-order valence-electron chi connectivity index (χ1n) is 11.0. The first-order chi connectivity index (χ1) is 15.7. The van der Waals surface area contributed by atoms with Crippen molar-refractivity contribution in [1.82, 2.24) is 9.88 Å². The number of nitrogens with zero attached hydrogens (tertiary/aromatic N) is 2. The molecule has 1 fully saturated rings. The normalized spacial score (nSPS) is 15.2. The number of likely N-dealkylation sites (tertiary alicyclic amines) is 1. The lowest BCUT2D eigenvalue weighted by atomic mass is 9.97. The van der Waals surface area contributed by atoms with Crippen LogP contribution in [0.25, 0.3) is 10.9 Å². The highest BCUT2D eigenvalue weighted by Gasteiger charge is 2.17. The van der Waals surface area contributed by atoms with Crippen molar-refractivity contribution in [2.75, 3.05) is 18.4 Å². The van der Waals surface area contributed by atoms with Crippen LogP contribution < -0.4 is 5.32 Å². The molecule has 3 aromatic carbocycles. The van der Waals surface area contributed by atoms with Crippen LogP contribution in [-0.4, -0.2) is 23.0 Å². The van der Waals surface area contributed by atoms with Crippen molar-refractivity contribution >= 4 is 39.8 Å². The highest BCUT2D eigenvalue weighted by Crippen LogP contribution is 2.32. The van der Waals surface area contributed by atoms with E-state index >= 15 is 0 Å². The Morgan fingerprint density at radius 1 is 0.844 bits per heavy atom. The number of nitrogens with one attached hydrogen (secondary N) is 1. The predicted molar refractivity (Wildman–Crippen MR) is 135 cm³/mol. The third-order valence-corrected chi connectivity index (χ3v) is 6.57. The van der Waals surface area contributed by atoms with Gasteiger partial charge in [0, 0.05) is 33.9 Å². The molecule has 5 heteroatoms. The summed E-state index contributed by atoms with van der Waals surface area (Å²) in [5, 5.41) is 6.19. The van der Waals surface area contributed by atoms with Gasteiger partial charge in [0.2, 0.25) is 0 Å². The van der Waals surface area contributed by atoms with Gasteiger partial charge < -0.3 is 5.32 Å². The number of rotatable bonds is 6. The van der Waals surface area contributed by atoms with Gasteiger partial charge in [-0.05, 0) is 79.0 Å². The number of aromatic nitrogens is 1. The van der Waals surface area contributed by atoms with Crippen LogP contribution in [-0.2, 0) is 6.54 Å². The Hall–Kier alpha value is -2.59. The zero-order valence-corrected chi connectivity index (χ0v) is 19.3. The second kappa shape index (κ2) is 9.50. The van der Waals surface area contributed by atoms with E-state index < -0.39 is 0 Å². The Morgan fingerprint density at radius 3 is 2.41 bits per heavy atom. The van der Waals surface area contributed by atoms with E-state index in [4.69, 9.17) is 23.2 Å². The molecule has 1 aromatic heterocycles. The van der Waals surface area contributed by atoms with Gasteiger partial charge in [-0.1, -0.05) is 59.6 Å². The Balaban J connectivity index is 1.49. The summed E-state index contributed by atoms with van der Waals surface area (Å²) in [7, 11) is 0. The standard InChI is InChI=1S/C27H25Cl2N3/c28-22-5-3-4-21(16-22)27(20-8-6-19(7-9-20)18-32-14-1-2-15-32)31-25-12-13-30-26-17-23(29)10-11-24(25)26/h3-13,16-17,27H,1-2,14-15,18H2,(H,30,31)/t27-/m1/s1. The molecule has 0 saturated carbocycles. The number of fused-ring (bicyclic) bond motifs is 1. The van der Waals surface area contributed by atoms with E-state index in [2.05, 4.69) is 45.5 Å². The minimum atomic E-state index is -0.0455. The van der Waals surface area contributed by atoms with Crippen molar-refractivity contribution < 1.29 is 0 Å². The van der Waals surface area contributed by atoms with Gasteiger partial charge >= 0.3 is 0 Å². The van der Waals surface area contributed by atoms with Gasteiger partial charge in [-0.25, -0.2) is 0 Å². The minimum absolute atomic E-state index is 0.0455. The molecule has 0 aliphatic carbocycles. The molecule has 0 unspecified atom stereocenters. The molecule has 4 aromatic rings. The van der Waals surface area contributed by atoms with Crippen LogP contribution in [0.1, 0.15) is 35.6 Å². The van der Waals surface area contributed by atoms with Crippen molar-refractivity contribution in [1.29, 1.82) is 0 Å². The zero-order valence-electron chi connectivity index (χ0n) is 17.8. The predicted octanol–water partition coefficient (Wildman–Crippen LogP) is 7.34. The largest absolute Gasteiger partial charge is 0.374 e. The van der Waals surface area contributed by atoms with Crippen molar-refractivity contribution in [2.45, 2.75) is 25.4 Å². The van der Waals surface area contributed by atoms with E-state index in [0.29, 0.717) is 5.02 Å². The lowest BCUT2D eigenvalue weighted by molar-refractivity contribution is 0.331. The van der Waals surface area contributed by atoms with E-state index in [0.717, 1.165) is 33.7 Å². The molecule has 1 N–H and O–H groups in total.